The van der Waals surface area contributed by atoms with Gasteiger partial charge in [0.1, 0.15) is 5.75 Å². The molecule has 4 heteroatoms. The molecule has 0 radical (unpaired) electrons. The van der Waals surface area contributed by atoms with E-state index in [4.69, 9.17) is 16.3 Å². The molecule has 2 rings (SSSR count). The van der Waals surface area contributed by atoms with E-state index >= 15 is 0 Å². The Morgan fingerprint density at radius 2 is 1.86 bits per heavy atom. The SMILES string of the molecule is CNC(c1ccc(Cl)c(Br)c1)c1ccccc1OC(C)C. The second kappa shape index (κ2) is 7.30. The Morgan fingerprint density at radius 3 is 2.48 bits per heavy atom. The first-order chi connectivity index (χ1) is 10.0. The zero-order valence-corrected chi connectivity index (χ0v) is 14.7. The Labute approximate surface area is 139 Å². The maximum atomic E-state index is 6.08. The average molecular weight is 369 g/mol. The monoisotopic (exact) mass is 367 g/mol. The normalized spacial score (nSPS) is 12.5. The molecule has 2 aromatic carbocycles. The molecule has 0 saturated carbocycles. The van der Waals surface area contributed by atoms with Crippen LogP contribution in [0.15, 0.2) is 46.9 Å². The van der Waals surface area contributed by atoms with Gasteiger partial charge in [0, 0.05) is 10.0 Å². The van der Waals surface area contributed by atoms with Crippen LogP contribution < -0.4 is 10.1 Å². The summed E-state index contributed by atoms with van der Waals surface area (Å²) < 4.78 is 6.82. The Balaban J connectivity index is 2.43. The third kappa shape index (κ3) is 4.00. The minimum atomic E-state index is 0.0496. The molecule has 1 unspecified atom stereocenters. The molecule has 0 bridgehead atoms. The smallest absolute Gasteiger partial charge is 0.124 e. The minimum Gasteiger partial charge on any atom is -0.491 e. The third-order valence-corrected chi connectivity index (χ3v) is 4.37. The summed E-state index contributed by atoms with van der Waals surface area (Å²) in [6, 6.07) is 14.1. The molecule has 0 saturated heterocycles. The molecule has 112 valence electrons. The van der Waals surface area contributed by atoms with Crippen molar-refractivity contribution in [3.63, 3.8) is 0 Å². The number of benzene rings is 2. The van der Waals surface area contributed by atoms with Crippen LogP contribution in [0.4, 0.5) is 0 Å². The van der Waals surface area contributed by atoms with Crippen LogP contribution in [-0.2, 0) is 0 Å². The predicted octanol–water partition coefficient (Wildman–Crippen LogP) is 5.20. The number of ether oxygens (including phenoxy) is 1. The highest BCUT2D eigenvalue weighted by Gasteiger charge is 2.17. The molecule has 0 aliphatic heterocycles. The highest BCUT2D eigenvalue weighted by Crippen LogP contribution is 2.33. The molecule has 2 aromatic rings. The summed E-state index contributed by atoms with van der Waals surface area (Å²) in [7, 11) is 1.94. The molecule has 0 amide bonds. The zero-order valence-electron chi connectivity index (χ0n) is 12.4. The number of hydrogen-bond donors (Lipinski definition) is 1. The van der Waals surface area contributed by atoms with Crippen molar-refractivity contribution in [2.45, 2.75) is 26.0 Å². The average Bonchev–Trinajstić information content (AvgIpc) is 2.44. The van der Waals surface area contributed by atoms with Crippen molar-refractivity contribution in [3.05, 3.63) is 63.1 Å². The Morgan fingerprint density at radius 1 is 1.14 bits per heavy atom. The van der Waals surface area contributed by atoms with Crippen molar-refractivity contribution in [2.24, 2.45) is 0 Å². The van der Waals surface area contributed by atoms with E-state index in [1.165, 1.54) is 0 Å². The number of hydrogen-bond acceptors (Lipinski definition) is 2. The maximum Gasteiger partial charge on any atom is 0.124 e. The molecular weight excluding hydrogens is 350 g/mol. The van der Waals surface area contributed by atoms with E-state index in [0.29, 0.717) is 5.02 Å². The molecular formula is C17H19BrClNO. The lowest BCUT2D eigenvalue weighted by molar-refractivity contribution is 0.238. The molecule has 0 aliphatic rings. The van der Waals surface area contributed by atoms with Gasteiger partial charge in [-0.3, -0.25) is 0 Å². The Bertz CT molecular complexity index is 615. The van der Waals surface area contributed by atoms with E-state index in [-0.39, 0.29) is 12.1 Å². The highest BCUT2D eigenvalue weighted by atomic mass is 79.9. The summed E-state index contributed by atoms with van der Waals surface area (Å²) in [5.41, 5.74) is 2.25. The van der Waals surface area contributed by atoms with Gasteiger partial charge < -0.3 is 10.1 Å². The Kier molecular flexibility index (Phi) is 5.68. The van der Waals surface area contributed by atoms with Gasteiger partial charge >= 0.3 is 0 Å². The van der Waals surface area contributed by atoms with Crippen molar-refractivity contribution in [3.8, 4) is 5.75 Å². The van der Waals surface area contributed by atoms with E-state index in [9.17, 15) is 0 Å². The summed E-state index contributed by atoms with van der Waals surface area (Å²) in [5, 5.41) is 4.06. The second-order valence-corrected chi connectivity index (χ2v) is 6.36. The van der Waals surface area contributed by atoms with Gasteiger partial charge in [0.15, 0.2) is 0 Å². The first kappa shape index (κ1) is 16.3. The summed E-state index contributed by atoms with van der Waals surface area (Å²) in [6.45, 7) is 4.06. The van der Waals surface area contributed by atoms with Gasteiger partial charge in [0.25, 0.3) is 0 Å². The fraction of sp³-hybridized carbons (Fsp3) is 0.294. The van der Waals surface area contributed by atoms with Gasteiger partial charge in [-0.15, -0.1) is 0 Å². The molecule has 0 fully saturated rings. The van der Waals surface area contributed by atoms with Crippen LogP contribution in [0, 0.1) is 0 Å². The van der Waals surface area contributed by atoms with Crippen LogP contribution in [0.5, 0.6) is 5.75 Å². The van der Waals surface area contributed by atoms with E-state index in [0.717, 1.165) is 21.3 Å². The van der Waals surface area contributed by atoms with Crippen LogP contribution >= 0.6 is 27.5 Å². The van der Waals surface area contributed by atoms with E-state index < -0.39 is 0 Å². The van der Waals surface area contributed by atoms with Crippen molar-refractivity contribution < 1.29 is 4.74 Å². The fourth-order valence-electron chi connectivity index (χ4n) is 2.27. The van der Waals surface area contributed by atoms with Crippen molar-refractivity contribution in [1.29, 1.82) is 0 Å². The topological polar surface area (TPSA) is 21.3 Å². The molecule has 1 atom stereocenters. The van der Waals surface area contributed by atoms with Gasteiger partial charge in [0.2, 0.25) is 0 Å². The second-order valence-electron chi connectivity index (χ2n) is 5.10. The number of rotatable bonds is 5. The number of para-hydroxylation sites is 1. The largest absolute Gasteiger partial charge is 0.491 e. The first-order valence-electron chi connectivity index (χ1n) is 6.90. The third-order valence-electron chi connectivity index (χ3n) is 3.16. The standard InChI is InChI=1S/C17H19BrClNO/c1-11(2)21-16-7-5-4-6-13(16)17(20-3)12-8-9-15(19)14(18)10-12/h4-11,17,20H,1-3H3. The first-order valence-corrected chi connectivity index (χ1v) is 8.07. The van der Waals surface area contributed by atoms with Crippen LogP contribution in [-0.4, -0.2) is 13.2 Å². The van der Waals surface area contributed by atoms with Crippen molar-refractivity contribution in [2.75, 3.05) is 7.05 Å². The highest BCUT2D eigenvalue weighted by molar-refractivity contribution is 9.10. The van der Waals surface area contributed by atoms with Crippen LogP contribution in [0.3, 0.4) is 0 Å². The van der Waals surface area contributed by atoms with Gasteiger partial charge in [-0.1, -0.05) is 35.9 Å². The van der Waals surface area contributed by atoms with E-state index in [1.807, 2.05) is 57.3 Å². The van der Waals surface area contributed by atoms with Crippen molar-refractivity contribution >= 4 is 27.5 Å². The Hall–Kier alpha value is -1.03. The summed E-state index contributed by atoms with van der Waals surface area (Å²) >= 11 is 9.57. The van der Waals surface area contributed by atoms with Crippen molar-refractivity contribution in [1.82, 2.24) is 5.32 Å². The lowest BCUT2D eigenvalue weighted by atomic mass is 9.98. The summed E-state index contributed by atoms with van der Waals surface area (Å²) in [5.74, 6) is 0.901. The molecule has 0 aromatic heterocycles. The molecule has 0 aliphatic carbocycles. The van der Waals surface area contributed by atoms with Gasteiger partial charge in [-0.05, 0) is 60.6 Å². The maximum absolute atomic E-state index is 6.08. The van der Waals surface area contributed by atoms with Crippen LogP contribution in [0.2, 0.25) is 5.02 Å². The summed E-state index contributed by atoms with van der Waals surface area (Å²) in [4.78, 5) is 0. The lowest BCUT2D eigenvalue weighted by Crippen LogP contribution is -2.19. The zero-order chi connectivity index (χ0) is 15.4. The van der Waals surface area contributed by atoms with Gasteiger partial charge in [0.05, 0.1) is 17.2 Å². The van der Waals surface area contributed by atoms with Crippen LogP contribution in [0.1, 0.15) is 31.0 Å². The van der Waals surface area contributed by atoms with Gasteiger partial charge in [-0.25, -0.2) is 0 Å². The minimum absolute atomic E-state index is 0.0496. The van der Waals surface area contributed by atoms with Crippen LogP contribution in [0.25, 0.3) is 0 Å². The number of nitrogens with one attached hydrogen (secondary N) is 1. The fourth-order valence-corrected chi connectivity index (χ4v) is 2.79. The molecule has 0 heterocycles. The molecule has 2 nitrogen and oxygen atoms in total. The number of halogens is 2. The molecule has 1 N–H and O–H groups in total. The van der Waals surface area contributed by atoms with E-state index in [2.05, 4.69) is 27.3 Å². The van der Waals surface area contributed by atoms with E-state index in [1.54, 1.807) is 0 Å². The summed E-state index contributed by atoms with van der Waals surface area (Å²) in [6.07, 6.45) is 0.139. The lowest BCUT2D eigenvalue weighted by Gasteiger charge is -2.22. The predicted molar refractivity (Wildman–Crippen MR) is 92.3 cm³/mol. The van der Waals surface area contributed by atoms with Gasteiger partial charge in [-0.2, -0.15) is 0 Å². The molecule has 0 spiro atoms. The quantitative estimate of drug-likeness (QED) is 0.783. The molecule has 21 heavy (non-hydrogen) atoms.